The second kappa shape index (κ2) is 6.11. The van der Waals surface area contributed by atoms with Crippen LogP contribution in [0.3, 0.4) is 0 Å². The van der Waals surface area contributed by atoms with Crippen LogP contribution in [-0.4, -0.2) is 40.1 Å². The Morgan fingerprint density at radius 2 is 2.17 bits per heavy atom. The van der Waals surface area contributed by atoms with Gasteiger partial charge in [0.1, 0.15) is 11.9 Å². The molecule has 0 radical (unpaired) electrons. The highest BCUT2D eigenvalue weighted by Crippen LogP contribution is 2.36. The maximum absolute atomic E-state index is 13.0. The standard InChI is InChI=1S/C18H27N3O2/c1-18(2,3)13-5-9-21(10-6-13)17(22)14-7-12-23-15(14)16-19-8-11-20(16)4/h5,8,11,14-15H,6-7,9-10,12H2,1-4H3/t14-,15-/m1/s1. The number of carbonyl (C=O) groups excluding carboxylic acids is 1. The third kappa shape index (κ3) is 3.20. The SMILES string of the molecule is Cn1ccnc1[C@@H]1OCC[C@H]1C(=O)N1CC=C(C(C)(C)C)CC1. The molecule has 1 amide bonds. The molecule has 0 saturated carbocycles. The van der Waals surface area contributed by atoms with Gasteiger partial charge in [0.2, 0.25) is 5.91 Å². The zero-order valence-electron chi connectivity index (χ0n) is 14.6. The minimum absolute atomic E-state index is 0.110. The summed E-state index contributed by atoms with van der Waals surface area (Å²) >= 11 is 0. The van der Waals surface area contributed by atoms with Crippen molar-refractivity contribution < 1.29 is 9.53 Å². The molecule has 2 atom stereocenters. The molecule has 3 rings (SSSR count). The molecule has 1 aromatic rings. The van der Waals surface area contributed by atoms with Crippen molar-refractivity contribution in [1.29, 1.82) is 0 Å². The topological polar surface area (TPSA) is 47.4 Å². The second-order valence-corrected chi connectivity index (χ2v) is 7.60. The highest BCUT2D eigenvalue weighted by atomic mass is 16.5. The number of aryl methyl sites for hydroxylation is 1. The van der Waals surface area contributed by atoms with Crippen LogP contribution in [0.25, 0.3) is 0 Å². The van der Waals surface area contributed by atoms with E-state index < -0.39 is 0 Å². The molecule has 23 heavy (non-hydrogen) atoms. The lowest BCUT2D eigenvalue weighted by atomic mass is 9.82. The van der Waals surface area contributed by atoms with E-state index in [1.807, 2.05) is 22.7 Å². The monoisotopic (exact) mass is 317 g/mol. The smallest absolute Gasteiger partial charge is 0.229 e. The fourth-order valence-corrected chi connectivity index (χ4v) is 3.53. The van der Waals surface area contributed by atoms with Crippen LogP contribution in [0.2, 0.25) is 0 Å². The Morgan fingerprint density at radius 1 is 1.39 bits per heavy atom. The third-order valence-electron chi connectivity index (χ3n) is 5.01. The largest absolute Gasteiger partial charge is 0.369 e. The van der Waals surface area contributed by atoms with Gasteiger partial charge in [-0.3, -0.25) is 4.79 Å². The van der Waals surface area contributed by atoms with E-state index in [1.54, 1.807) is 6.20 Å². The number of carbonyl (C=O) groups is 1. The van der Waals surface area contributed by atoms with E-state index in [0.29, 0.717) is 6.61 Å². The van der Waals surface area contributed by atoms with Gasteiger partial charge in [-0.25, -0.2) is 4.98 Å². The molecule has 1 aromatic heterocycles. The summed E-state index contributed by atoms with van der Waals surface area (Å²) in [6.07, 6.45) is 7.43. The van der Waals surface area contributed by atoms with Crippen molar-refractivity contribution in [3.05, 3.63) is 29.9 Å². The molecule has 0 bridgehead atoms. The first kappa shape index (κ1) is 16.2. The van der Waals surface area contributed by atoms with Crippen molar-refractivity contribution in [3.63, 3.8) is 0 Å². The second-order valence-electron chi connectivity index (χ2n) is 7.60. The molecular weight excluding hydrogens is 290 g/mol. The van der Waals surface area contributed by atoms with Crippen molar-refractivity contribution in [3.8, 4) is 0 Å². The molecule has 2 aliphatic heterocycles. The van der Waals surface area contributed by atoms with E-state index in [1.165, 1.54) is 5.57 Å². The van der Waals surface area contributed by atoms with Crippen LogP contribution < -0.4 is 0 Å². The Labute approximate surface area is 138 Å². The van der Waals surface area contributed by atoms with Gasteiger partial charge in [-0.15, -0.1) is 0 Å². The average Bonchev–Trinajstić information content (AvgIpc) is 3.14. The molecule has 1 fully saturated rings. The van der Waals surface area contributed by atoms with Crippen LogP contribution in [-0.2, 0) is 16.6 Å². The summed E-state index contributed by atoms with van der Waals surface area (Å²) in [5.41, 5.74) is 1.64. The van der Waals surface area contributed by atoms with E-state index in [4.69, 9.17) is 4.74 Å². The van der Waals surface area contributed by atoms with E-state index in [0.717, 1.165) is 31.8 Å². The van der Waals surface area contributed by atoms with Gasteiger partial charge in [0.25, 0.3) is 0 Å². The maximum atomic E-state index is 13.0. The number of aromatic nitrogens is 2. The Bertz CT molecular complexity index is 612. The van der Waals surface area contributed by atoms with Crippen LogP contribution in [0.5, 0.6) is 0 Å². The highest BCUT2D eigenvalue weighted by molar-refractivity contribution is 5.80. The van der Waals surface area contributed by atoms with Gasteiger partial charge >= 0.3 is 0 Å². The van der Waals surface area contributed by atoms with Crippen molar-refractivity contribution >= 4 is 5.91 Å². The number of hydrogen-bond acceptors (Lipinski definition) is 3. The van der Waals surface area contributed by atoms with Gasteiger partial charge in [-0.2, -0.15) is 0 Å². The predicted octanol–water partition coefficient (Wildman–Crippen LogP) is 2.70. The average molecular weight is 317 g/mol. The minimum Gasteiger partial charge on any atom is -0.369 e. The molecule has 1 saturated heterocycles. The van der Waals surface area contributed by atoms with Gasteiger partial charge in [0, 0.05) is 39.1 Å². The first-order chi connectivity index (χ1) is 10.9. The van der Waals surface area contributed by atoms with Crippen molar-refractivity contribution in [2.75, 3.05) is 19.7 Å². The summed E-state index contributed by atoms with van der Waals surface area (Å²) in [6, 6.07) is 0. The summed E-state index contributed by atoms with van der Waals surface area (Å²) in [4.78, 5) is 19.3. The first-order valence-electron chi connectivity index (χ1n) is 8.45. The lowest BCUT2D eigenvalue weighted by Gasteiger charge is -2.34. The Hall–Kier alpha value is -1.62. The molecule has 126 valence electrons. The van der Waals surface area contributed by atoms with Crippen LogP contribution in [0.15, 0.2) is 24.0 Å². The molecule has 0 unspecified atom stereocenters. The van der Waals surface area contributed by atoms with Crippen molar-refractivity contribution in [2.24, 2.45) is 18.4 Å². The zero-order chi connectivity index (χ0) is 16.6. The molecule has 2 aliphatic rings. The van der Waals surface area contributed by atoms with E-state index >= 15 is 0 Å². The number of nitrogens with zero attached hydrogens (tertiary/aromatic N) is 3. The molecule has 5 heteroatoms. The summed E-state index contributed by atoms with van der Waals surface area (Å²) in [7, 11) is 1.95. The third-order valence-corrected chi connectivity index (χ3v) is 5.01. The van der Waals surface area contributed by atoms with Crippen molar-refractivity contribution in [1.82, 2.24) is 14.5 Å². The molecule has 3 heterocycles. The number of ether oxygens (including phenoxy) is 1. The summed E-state index contributed by atoms with van der Waals surface area (Å²) < 4.78 is 7.78. The summed E-state index contributed by atoms with van der Waals surface area (Å²) in [6.45, 7) is 8.86. The lowest BCUT2D eigenvalue weighted by molar-refractivity contribution is -0.137. The Morgan fingerprint density at radius 3 is 2.74 bits per heavy atom. The molecular formula is C18H27N3O2. The van der Waals surface area contributed by atoms with Gasteiger partial charge in [0.05, 0.1) is 5.92 Å². The van der Waals surface area contributed by atoms with Gasteiger partial charge in [0.15, 0.2) is 0 Å². The molecule has 5 nitrogen and oxygen atoms in total. The molecule has 0 N–H and O–H groups in total. The molecule has 0 aliphatic carbocycles. The van der Waals surface area contributed by atoms with E-state index in [9.17, 15) is 4.79 Å². The van der Waals surface area contributed by atoms with E-state index in [-0.39, 0.29) is 23.3 Å². The van der Waals surface area contributed by atoms with Gasteiger partial charge in [-0.1, -0.05) is 32.4 Å². The Kier molecular flexibility index (Phi) is 4.32. The molecule has 0 aromatic carbocycles. The number of hydrogen-bond donors (Lipinski definition) is 0. The molecule has 0 spiro atoms. The number of amides is 1. The van der Waals surface area contributed by atoms with Crippen LogP contribution in [0.1, 0.15) is 45.5 Å². The normalized spacial score (nSPS) is 25.6. The number of rotatable bonds is 2. The maximum Gasteiger partial charge on any atom is 0.229 e. The fraction of sp³-hybridized carbons (Fsp3) is 0.667. The minimum atomic E-state index is -0.213. The fourth-order valence-electron chi connectivity index (χ4n) is 3.53. The van der Waals surface area contributed by atoms with E-state index in [2.05, 4.69) is 31.8 Å². The predicted molar refractivity (Wildman–Crippen MR) is 88.7 cm³/mol. The summed E-state index contributed by atoms with van der Waals surface area (Å²) in [5.74, 6) is 0.948. The van der Waals surface area contributed by atoms with Gasteiger partial charge in [-0.05, 0) is 18.3 Å². The quantitative estimate of drug-likeness (QED) is 0.788. The lowest BCUT2D eigenvalue weighted by Crippen LogP contribution is -2.41. The highest BCUT2D eigenvalue weighted by Gasteiger charge is 2.40. The van der Waals surface area contributed by atoms with Gasteiger partial charge < -0.3 is 14.2 Å². The van der Waals surface area contributed by atoms with Crippen LogP contribution in [0, 0.1) is 11.3 Å². The Balaban J connectivity index is 1.71. The number of imidazole rings is 1. The zero-order valence-corrected chi connectivity index (χ0v) is 14.6. The van der Waals surface area contributed by atoms with Crippen LogP contribution in [0.4, 0.5) is 0 Å². The first-order valence-corrected chi connectivity index (χ1v) is 8.45. The summed E-state index contributed by atoms with van der Waals surface area (Å²) in [5, 5.41) is 0. The van der Waals surface area contributed by atoms with Crippen molar-refractivity contribution in [2.45, 2.75) is 39.7 Å². The van der Waals surface area contributed by atoms with Crippen LogP contribution >= 0.6 is 0 Å².